The van der Waals surface area contributed by atoms with Crippen LogP contribution in [0.5, 0.6) is 0 Å². The van der Waals surface area contributed by atoms with Crippen LogP contribution in [0, 0.1) is 17.8 Å². The lowest BCUT2D eigenvalue weighted by Crippen LogP contribution is -2.37. The molecular formula is C16H30NO4P. The highest BCUT2D eigenvalue weighted by Crippen LogP contribution is 2.37. The summed E-state index contributed by atoms with van der Waals surface area (Å²) >= 11 is 0. The van der Waals surface area contributed by atoms with Gasteiger partial charge < -0.3 is 10.8 Å². The Morgan fingerprint density at radius 2 is 2.05 bits per heavy atom. The molecule has 1 fully saturated rings. The lowest BCUT2D eigenvalue weighted by atomic mass is 9.77. The van der Waals surface area contributed by atoms with Crippen molar-refractivity contribution in [2.75, 3.05) is 6.61 Å². The summed E-state index contributed by atoms with van der Waals surface area (Å²) in [7, 11) is -0.458. The fourth-order valence-corrected chi connectivity index (χ4v) is 3.88. The molecule has 3 atom stereocenters. The van der Waals surface area contributed by atoms with Crippen molar-refractivity contribution in [3.8, 4) is 0 Å². The second kappa shape index (κ2) is 11.1. The minimum absolute atomic E-state index is 0.00864. The Labute approximate surface area is 135 Å². The van der Waals surface area contributed by atoms with E-state index in [1.165, 1.54) is 19.3 Å². The van der Waals surface area contributed by atoms with Crippen LogP contribution in [0.25, 0.3) is 0 Å². The maximum atomic E-state index is 11.4. The first kappa shape index (κ1) is 19.5. The molecule has 3 unspecified atom stereocenters. The van der Waals surface area contributed by atoms with Crippen molar-refractivity contribution >= 4 is 14.7 Å². The molecule has 5 nitrogen and oxygen atoms in total. The van der Waals surface area contributed by atoms with Crippen LogP contribution in [-0.4, -0.2) is 23.7 Å². The average molecular weight is 331 g/mol. The Bertz CT molecular complexity index is 334. The Balaban J connectivity index is 2.66. The van der Waals surface area contributed by atoms with Crippen molar-refractivity contribution in [2.24, 2.45) is 23.5 Å². The van der Waals surface area contributed by atoms with Crippen molar-refractivity contribution < 1.29 is 19.0 Å². The van der Waals surface area contributed by atoms with Crippen molar-refractivity contribution in [2.45, 2.75) is 70.8 Å². The summed E-state index contributed by atoms with van der Waals surface area (Å²) in [6.45, 7) is 2.16. The first-order chi connectivity index (χ1) is 10.6. The molecule has 0 aliphatic heterocycles. The van der Waals surface area contributed by atoms with Gasteiger partial charge in [-0.25, -0.2) is 4.57 Å². The Morgan fingerprint density at radius 1 is 1.36 bits per heavy atom. The zero-order valence-electron chi connectivity index (χ0n) is 13.6. The summed E-state index contributed by atoms with van der Waals surface area (Å²) in [5, 5.41) is 9.36. The average Bonchev–Trinajstić information content (AvgIpc) is 3.01. The Hall–Kier alpha value is -0.510. The summed E-state index contributed by atoms with van der Waals surface area (Å²) < 4.78 is 15.2. The molecule has 22 heavy (non-hydrogen) atoms. The van der Waals surface area contributed by atoms with Crippen LogP contribution in [0.4, 0.5) is 0 Å². The van der Waals surface area contributed by atoms with E-state index in [0.717, 1.165) is 32.1 Å². The van der Waals surface area contributed by atoms with Gasteiger partial charge >= 0.3 is 14.7 Å². The van der Waals surface area contributed by atoms with Gasteiger partial charge in [0.05, 0.1) is 12.5 Å². The molecule has 0 spiro atoms. The zero-order valence-corrected chi connectivity index (χ0v) is 14.5. The number of aliphatic carboxylic acids is 1. The molecule has 0 aromatic heterocycles. The van der Waals surface area contributed by atoms with Gasteiger partial charge in [0, 0.05) is 6.04 Å². The van der Waals surface area contributed by atoms with Gasteiger partial charge in [0.1, 0.15) is 0 Å². The number of hydrogen-bond donors (Lipinski definition) is 2. The van der Waals surface area contributed by atoms with Crippen molar-refractivity contribution in [1.29, 1.82) is 0 Å². The molecule has 6 heteroatoms. The third-order valence-corrected chi connectivity index (χ3v) is 5.19. The third-order valence-electron chi connectivity index (χ3n) is 4.93. The SMILES string of the molecule is CCCCCC(N)C(CC(COP=O)C(=O)O)C1CCCC1. The predicted molar refractivity (Wildman–Crippen MR) is 86.9 cm³/mol. The van der Waals surface area contributed by atoms with Gasteiger partial charge in [-0.1, -0.05) is 51.9 Å². The molecule has 1 rings (SSSR count). The van der Waals surface area contributed by atoms with Crippen LogP contribution in [-0.2, 0) is 13.9 Å². The van der Waals surface area contributed by atoms with E-state index in [9.17, 15) is 14.5 Å². The summed E-state index contributed by atoms with van der Waals surface area (Å²) in [5.74, 6) is -0.743. The molecule has 1 saturated carbocycles. The monoisotopic (exact) mass is 331 g/mol. The normalized spacial score (nSPS) is 20.1. The van der Waals surface area contributed by atoms with E-state index < -0.39 is 20.6 Å². The molecule has 0 aromatic carbocycles. The smallest absolute Gasteiger partial charge is 0.327 e. The lowest BCUT2D eigenvalue weighted by Gasteiger charge is -2.31. The van der Waals surface area contributed by atoms with Crippen molar-refractivity contribution in [1.82, 2.24) is 0 Å². The number of carboxylic acids is 1. The number of rotatable bonds is 12. The molecule has 1 aliphatic carbocycles. The molecule has 1 aliphatic rings. The number of carbonyl (C=O) groups is 1. The van der Waals surface area contributed by atoms with Gasteiger partial charge in [-0.15, -0.1) is 0 Å². The molecular weight excluding hydrogens is 301 g/mol. The number of hydrogen-bond acceptors (Lipinski definition) is 4. The molecule has 3 N–H and O–H groups in total. The fourth-order valence-electron chi connectivity index (χ4n) is 3.64. The molecule has 0 heterocycles. The predicted octanol–water partition coefficient (Wildman–Crippen LogP) is 4.01. The largest absolute Gasteiger partial charge is 0.481 e. The van der Waals surface area contributed by atoms with Crippen LogP contribution in [0.3, 0.4) is 0 Å². The van der Waals surface area contributed by atoms with E-state index in [4.69, 9.17) is 10.3 Å². The minimum atomic E-state index is -0.882. The zero-order chi connectivity index (χ0) is 16.4. The van der Waals surface area contributed by atoms with Gasteiger partial charge in [0.2, 0.25) is 0 Å². The first-order valence-electron chi connectivity index (χ1n) is 8.53. The quantitative estimate of drug-likeness (QED) is 0.416. The maximum Gasteiger partial charge on any atom is 0.327 e. The van der Waals surface area contributed by atoms with Crippen molar-refractivity contribution in [3.05, 3.63) is 0 Å². The topological polar surface area (TPSA) is 89.6 Å². The van der Waals surface area contributed by atoms with E-state index in [2.05, 4.69) is 6.92 Å². The third kappa shape index (κ3) is 6.72. The number of carboxylic acid groups (broad SMARTS) is 1. The standard InChI is InChI=1S/C16H30NO4P/c1-2-3-4-9-15(17)14(12-7-5-6-8-12)10-13(16(18)19)11-21-22-20/h12-15H,2-11,17H2,1H3,(H,18,19). The Kier molecular flexibility index (Phi) is 9.85. The van der Waals surface area contributed by atoms with Gasteiger partial charge in [0.15, 0.2) is 0 Å². The van der Waals surface area contributed by atoms with Gasteiger partial charge in [-0.05, 0) is 24.7 Å². The van der Waals surface area contributed by atoms with E-state index in [0.29, 0.717) is 12.3 Å². The molecule has 0 aromatic rings. The van der Waals surface area contributed by atoms with E-state index >= 15 is 0 Å². The van der Waals surface area contributed by atoms with Crippen LogP contribution in [0.1, 0.15) is 64.7 Å². The van der Waals surface area contributed by atoms with E-state index in [1.807, 2.05) is 0 Å². The lowest BCUT2D eigenvalue weighted by molar-refractivity contribution is -0.143. The highest BCUT2D eigenvalue weighted by atomic mass is 31.1. The first-order valence-corrected chi connectivity index (χ1v) is 9.26. The molecule has 0 saturated heterocycles. The molecule has 128 valence electrons. The minimum Gasteiger partial charge on any atom is -0.481 e. The summed E-state index contributed by atoms with van der Waals surface area (Å²) in [6, 6.07) is 0.0568. The molecule has 0 amide bonds. The maximum absolute atomic E-state index is 11.4. The summed E-state index contributed by atoms with van der Waals surface area (Å²) in [5.41, 5.74) is 6.42. The molecule has 0 bridgehead atoms. The van der Waals surface area contributed by atoms with Crippen LogP contribution < -0.4 is 5.73 Å². The second-order valence-electron chi connectivity index (χ2n) is 6.51. The van der Waals surface area contributed by atoms with Gasteiger partial charge in [0.25, 0.3) is 0 Å². The van der Waals surface area contributed by atoms with Crippen LogP contribution in [0.15, 0.2) is 0 Å². The fraction of sp³-hybridized carbons (Fsp3) is 0.938. The Morgan fingerprint density at radius 3 is 2.59 bits per heavy atom. The second-order valence-corrected chi connectivity index (χ2v) is 6.92. The highest BCUT2D eigenvalue weighted by Gasteiger charge is 2.33. The highest BCUT2D eigenvalue weighted by molar-refractivity contribution is 7.17. The number of unbranched alkanes of at least 4 members (excludes halogenated alkanes) is 2. The van der Waals surface area contributed by atoms with E-state index in [1.54, 1.807) is 0 Å². The summed E-state index contributed by atoms with van der Waals surface area (Å²) in [4.78, 5) is 11.4. The summed E-state index contributed by atoms with van der Waals surface area (Å²) in [6.07, 6.45) is 9.67. The van der Waals surface area contributed by atoms with Crippen molar-refractivity contribution in [3.63, 3.8) is 0 Å². The van der Waals surface area contributed by atoms with Crippen LogP contribution >= 0.6 is 8.69 Å². The van der Waals surface area contributed by atoms with Gasteiger partial charge in [-0.3, -0.25) is 9.32 Å². The number of nitrogens with two attached hydrogens (primary N) is 1. The van der Waals surface area contributed by atoms with Crippen LogP contribution in [0.2, 0.25) is 0 Å². The van der Waals surface area contributed by atoms with Gasteiger partial charge in [-0.2, -0.15) is 0 Å². The molecule has 0 radical (unpaired) electrons. The van der Waals surface area contributed by atoms with E-state index in [-0.39, 0.29) is 18.6 Å².